The van der Waals surface area contributed by atoms with E-state index >= 15 is 0 Å². The zero-order valence-electron chi connectivity index (χ0n) is 10.4. The van der Waals surface area contributed by atoms with Gasteiger partial charge in [0, 0.05) is 12.2 Å². The number of aliphatic carboxylic acids is 1. The van der Waals surface area contributed by atoms with E-state index in [0.29, 0.717) is 6.08 Å². The number of rotatable bonds is 6. The number of ether oxygens (including phenoxy) is 3. The van der Waals surface area contributed by atoms with E-state index in [1.54, 1.807) is 13.8 Å². The fourth-order valence-electron chi connectivity index (χ4n) is 0.823. The molecule has 0 saturated heterocycles. The third kappa shape index (κ3) is 9.20. The highest BCUT2D eigenvalue weighted by atomic mass is 16.7. The second-order valence-electron chi connectivity index (χ2n) is 3.65. The predicted octanol–water partition coefficient (Wildman–Crippen LogP) is 1.12. The van der Waals surface area contributed by atoms with Crippen LogP contribution in [-0.4, -0.2) is 42.0 Å². The molecule has 0 heterocycles. The van der Waals surface area contributed by atoms with E-state index in [4.69, 9.17) is 14.6 Å². The molecule has 7 nitrogen and oxygen atoms in total. The van der Waals surface area contributed by atoms with Crippen LogP contribution in [0.3, 0.4) is 0 Å². The van der Waals surface area contributed by atoms with Crippen molar-refractivity contribution in [2.75, 3.05) is 6.61 Å². The summed E-state index contributed by atoms with van der Waals surface area (Å²) in [7, 11) is 0. The van der Waals surface area contributed by atoms with Crippen molar-refractivity contribution in [1.29, 1.82) is 0 Å². The summed E-state index contributed by atoms with van der Waals surface area (Å²) < 4.78 is 14.1. The molecular formula is C11H16O7. The van der Waals surface area contributed by atoms with E-state index in [2.05, 4.69) is 4.74 Å². The lowest BCUT2D eigenvalue weighted by Crippen LogP contribution is -2.23. The van der Waals surface area contributed by atoms with Crippen molar-refractivity contribution < 1.29 is 33.7 Å². The normalized spacial score (nSPS) is 12.2. The number of hydrogen-bond acceptors (Lipinski definition) is 6. The van der Waals surface area contributed by atoms with Gasteiger partial charge >= 0.3 is 18.1 Å². The number of carboxylic acid groups (broad SMARTS) is 1. The van der Waals surface area contributed by atoms with Crippen molar-refractivity contribution in [3.63, 3.8) is 0 Å². The van der Waals surface area contributed by atoms with Gasteiger partial charge in [0.05, 0.1) is 6.10 Å². The smallest absolute Gasteiger partial charge is 0.478 e. The Morgan fingerprint density at radius 2 is 1.72 bits per heavy atom. The molecule has 0 amide bonds. The van der Waals surface area contributed by atoms with Gasteiger partial charge in [-0.15, -0.1) is 0 Å². The maximum atomic E-state index is 11.0. The minimum absolute atomic E-state index is 0.168. The Labute approximate surface area is 104 Å². The zero-order chi connectivity index (χ0) is 14.1. The Morgan fingerprint density at radius 3 is 2.22 bits per heavy atom. The van der Waals surface area contributed by atoms with Crippen LogP contribution >= 0.6 is 0 Å². The number of carbonyl (C=O) groups is 3. The third-order valence-electron chi connectivity index (χ3n) is 1.45. The predicted molar refractivity (Wildman–Crippen MR) is 59.9 cm³/mol. The summed E-state index contributed by atoms with van der Waals surface area (Å²) in [5.74, 6) is -2.08. The lowest BCUT2D eigenvalue weighted by molar-refractivity contribution is -0.145. The summed E-state index contributed by atoms with van der Waals surface area (Å²) in [5.41, 5.74) is 0. The quantitative estimate of drug-likeness (QED) is 0.564. The van der Waals surface area contributed by atoms with Crippen LogP contribution in [0, 0.1) is 0 Å². The molecule has 0 aromatic carbocycles. The van der Waals surface area contributed by atoms with Crippen LogP contribution in [0.2, 0.25) is 0 Å². The van der Waals surface area contributed by atoms with Crippen LogP contribution < -0.4 is 0 Å². The van der Waals surface area contributed by atoms with Crippen LogP contribution in [-0.2, 0) is 23.8 Å². The molecule has 0 fully saturated rings. The highest BCUT2D eigenvalue weighted by Crippen LogP contribution is 1.98. The Hall–Kier alpha value is -2.05. The Morgan fingerprint density at radius 1 is 1.11 bits per heavy atom. The SMILES string of the molecule is CC(C)OC(=O)OCC(C)OC(=O)/C=C/C(=O)O. The Kier molecular flexibility index (Phi) is 7.18. The molecule has 0 bridgehead atoms. The Bertz CT molecular complexity index is 332. The zero-order valence-corrected chi connectivity index (χ0v) is 10.4. The molecule has 1 atom stereocenters. The molecule has 0 rings (SSSR count). The van der Waals surface area contributed by atoms with Crippen LogP contribution in [0.25, 0.3) is 0 Å². The molecule has 102 valence electrons. The summed E-state index contributed by atoms with van der Waals surface area (Å²) >= 11 is 0. The van der Waals surface area contributed by atoms with Gasteiger partial charge in [-0.3, -0.25) is 0 Å². The van der Waals surface area contributed by atoms with Crippen molar-refractivity contribution >= 4 is 18.1 Å². The highest BCUT2D eigenvalue weighted by molar-refractivity contribution is 5.90. The highest BCUT2D eigenvalue weighted by Gasteiger charge is 2.12. The molecular weight excluding hydrogens is 244 g/mol. The maximum absolute atomic E-state index is 11.0. The van der Waals surface area contributed by atoms with Crippen LogP contribution in [0.1, 0.15) is 20.8 Å². The van der Waals surface area contributed by atoms with E-state index < -0.39 is 24.2 Å². The van der Waals surface area contributed by atoms with Crippen LogP contribution in [0.15, 0.2) is 12.2 Å². The Balaban J connectivity index is 3.90. The molecule has 0 aliphatic heterocycles. The summed E-state index contributed by atoms with van der Waals surface area (Å²) in [6, 6.07) is 0. The summed E-state index contributed by atoms with van der Waals surface area (Å²) in [6.45, 7) is 4.66. The average molecular weight is 260 g/mol. The molecule has 0 spiro atoms. The van der Waals surface area contributed by atoms with Crippen molar-refractivity contribution in [2.45, 2.75) is 33.0 Å². The van der Waals surface area contributed by atoms with Gasteiger partial charge in [0.25, 0.3) is 0 Å². The second kappa shape index (κ2) is 8.10. The number of carbonyl (C=O) groups excluding carboxylic acids is 2. The molecule has 1 N–H and O–H groups in total. The molecule has 0 radical (unpaired) electrons. The average Bonchev–Trinajstić information content (AvgIpc) is 2.22. The number of hydrogen-bond donors (Lipinski definition) is 1. The van der Waals surface area contributed by atoms with Crippen LogP contribution in [0.4, 0.5) is 4.79 Å². The fourth-order valence-corrected chi connectivity index (χ4v) is 0.823. The van der Waals surface area contributed by atoms with Gasteiger partial charge < -0.3 is 19.3 Å². The molecule has 0 saturated carbocycles. The van der Waals surface area contributed by atoms with Gasteiger partial charge in [-0.2, -0.15) is 0 Å². The third-order valence-corrected chi connectivity index (χ3v) is 1.45. The van der Waals surface area contributed by atoms with Gasteiger partial charge in [0.1, 0.15) is 12.7 Å². The summed E-state index contributed by atoms with van der Waals surface area (Å²) in [6.07, 6.45) is -0.424. The van der Waals surface area contributed by atoms with Gasteiger partial charge in [0.15, 0.2) is 0 Å². The molecule has 0 aliphatic carbocycles. The van der Waals surface area contributed by atoms with Gasteiger partial charge in [0.2, 0.25) is 0 Å². The fraction of sp³-hybridized carbons (Fsp3) is 0.545. The standard InChI is InChI=1S/C11H16O7/c1-7(2)17-11(15)16-6-8(3)18-10(14)5-4-9(12)13/h4-5,7-8H,6H2,1-3H3,(H,12,13)/b5-4+. The first-order valence-electron chi connectivity index (χ1n) is 5.26. The van der Waals surface area contributed by atoms with Crippen LogP contribution in [0.5, 0.6) is 0 Å². The minimum atomic E-state index is -1.25. The maximum Gasteiger partial charge on any atom is 0.508 e. The molecule has 0 aromatic rings. The summed E-state index contributed by atoms with van der Waals surface area (Å²) in [5, 5.41) is 8.28. The topological polar surface area (TPSA) is 99.1 Å². The number of carboxylic acids is 1. The lowest BCUT2D eigenvalue weighted by Gasteiger charge is -2.13. The van der Waals surface area contributed by atoms with E-state index in [-0.39, 0.29) is 12.7 Å². The van der Waals surface area contributed by atoms with E-state index in [1.165, 1.54) is 6.92 Å². The van der Waals surface area contributed by atoms with E-state index in [1.807, 2.05) is 0 Å². The molecule has 7 heteroatoms. The van der Waals surface area contributed by atoms with E-state index in [9.17, 15) is 14.4 Å². The molecule has 0 aromatic heterocycles. The minimum Gasteiger partial charge on any atom is -0.478 e. The van der Waals surface area contributed by atoms with Crippen molar-refractivity contribution in [2.24, 2.45) is 0 Å². The second-order valence-corrected chi connectivity index (χ2v) is 3.65. The molecule has 1 unspecified atom stereocenters. The molecule has 0 aliphatic rings. The first-order valence-corrected chi connectivity index (χ1v) is 5.26. The van der Waals surface area contributed by atoms with Gasteiger partial charge in [-0.05, 0) is 20.8 Å². The van der Waals surface area contributed by atoms with Crippen molar-refractivity contribution in [1.82, 2.24) is 0 Å². The van der Waals surface area contributed by atoms with Gasteiger partial charge in [-0.1, -0.05) is 0 Å². The monoisotopic (exact) mass is 260 g/mol. The van der Waals surface area contributed by atoms with Gasteiger partial charge in [-0.25, -0.2) is 14.4 Å². The lowest BCUT2D eigenvalue weighted by atomic mass is 10.4. The van der Waals surface area contributed by atoms with E-state index in [0.717, 1.165) is 6.08 Å². The van der Waals surface area contributed by atoms with Crippen molar-refractivity contribution in [3.8, 4) is 0 Å². The van der Waals surface area contributed by atoms with Crippen molar-refractivity contribution in [3.05, 3.63) is 12.2 Å². The number of esters is 1. The first kappa shape index (κ1) is 16.0. The first-order chi connectivity index (χ1) is 8.31. The largest absolute Gasteiger partial charge is 0.508 e. The molecule has 18 heavy (non-hydrogen) atoms. The summed E-state index contributed by atoms with van der Waals surface area (Å²) in [4.78, 5) is 32.1.